The van der Waals surface area contributed by atoms with Gasteiger partial charge in [-0.05, 0) is 43.8 Å². The maximum absolute atomic E-state index is 6.00. The Morgan fingerprint density at radius 3 is 2.64 bits per heavy atom. The molecule has 25 heavy (non-hydrogen) atoms. The van der Waals surface area contributed by atoms with Gasteiger partial charge in [0, 0.05) is 12.1 Å². The van der Waals surface area contributed by atoms with E-state index in [-0.39, 0.29) is 0 Å². The minimum absolute atomic E-state index is 0.449. The zero-order valence-corrected chi connectivity index (χ0v) is 15.5. The van der Waals surface area contributed by atoms with Crippen LogP contribution >= 0.6 is 12.2 Å². The normalized spacial score (nSPS) is 10.5. The number of hydrogen-bond donors (Lipinski definition) is 2. The minimum Gasteiger partial charge on any atom is -0.493 e. The summed E-state index contributed by atoms with van der Waals surface area (Å²) in [5.74, 6) is 1.30. The van der Waals surface area contributed by atoms with Crippen LogP contribution in [0.2, 0.25) is 0 Å². The quantitative estimate of drug-likeness (QED) is 0.452. The molecule has 5 nitrogen and oxygen atoms in total. The molecule has 132 valence electrons. The lowest BCUT2D eigenvalue weighted by atomic mass is 10.1. The SMILES string of the molecule is CCNC(=S)NN=Cc1cccc(OC)c1OCc1ccc(C)cc1. The van der Waals surface area contributed by atoms with Crippen LogP contribution in [0.1, 0.15) is 23.6 Å². The summed E-state index contributed by atoms with van der Waals surface area (Å²) in [5, 5.41) is 7.60. The second-order valence-electron chi connectivity index (χ2n) is 5.38. The van der Waals surface area contributed by atoms with E-state index in [1.54, 1.807) is 13.3 Å². The summed E-state index contributed by atoms with van der Waals surface area (Å²) < 4.78 is 11.4. The molecule has 0 aromatic heterocycles. The second-order valence-corrected chi connectivity index (χ2v) is 5.79. The molecular weight excluding hydrogens is 334 g/mol. The molecule has 0 heterocycles. The molecule has 0 aliphatic carbocycles. The standard InChI is InChI=1S/C19H23N3O2S/c1-4-20-19(25)22-21-12-16-6-5-7-17(23-3)18(16)24-13-15-10-8-14(2)9-11-15/h5-12H,4,13H2,1-3H3,(H2,20,22,25). The zero-order valence-electron chi connectivity index (χ0n) is 14.7. The molecule has 0 bridgehead atoms. The average Bonchev–Trinajstić information content (AvgIpc) is 2.62. The molecule has 2 aromatic carbocycles. The van der Waals surface area contributed by atoms with Crippen molar-refractivity contribution in [2.75, 3.05) is 13.7 Å². The molecule has 2 N–H and O–H groups in total. The topological polar surface area (TPSA) is 54.9 Å². The van der Waals surface area contributed by atoms with Crippen molar-refractivity contribution in [3.63, 3.8) is 0 Å². The molecular formula is C19H23N3O2S. The number of nitrogens with one attached hydrogen (secondary N) is 2. The van der Waals surface area contributed by atoms with Gasteiger partial charge in [0.25, 0.3) is 0 Å². The van der Waals surface area contributed by atoms with E-state index < -0.39 is 0 Å². The highest BCUT2D eigenvalue weighted by Gasteiger charge is 2.09. The van der Waals surface area contributed by atoms with Crippen molar-refractivity contribution in [1.29, 1.82) is 0 Å². The molecule has 2 aromatic rings. The van der Waals surface area contributed by atoms with Crippen LogP contribution < -0.4 is 20.2 Å². The predicted molar refractivity (Wildman–Crippen MR) is 106 cm³/mol. The Morgan fingerprint density at radius 2 is 1.96 bits per heavy atom. The van der Waals surface area contributed by atoms with E-state index in [2.05, 4.69) is 47.0 Å². The fourth-order valence-corrected chi connectivity index (χ4v) is 2.35. The molecule has 0 fully saturated rings. The largest absolute Gasteiger partial charge is 0.493 e. The van der Waals surface area contributed by atoms with Gasteiger partial charge in [-0.3, -0.25) is 5.43 Å². The summed E-state index contributed by atoms with van der Waals surface area (Å²) in [5.41, 5.74) is 5.88. The average molecular weight is 357 g/mol. The number of rotatable bonds is 7. The Labute approximate surface area is 154 Å². The first kappa shape index (κ1) is 18.7. The van der Waals surface area contributed by atoms with Crippen molar-refractivity contribution in [1.82, 2.24) is 10.7 Å². The number of ether oxygens (including phenoxy) is 2. The third-order valence-corrected chi connectivity index (χ3v) is 3.68. The monoisotopic (exact) mass is 357 g/mol. The summed E-state index contributed by atoms with van der Waals surface area (Å²) in [7, 11) is 1.62. The van der Waals surface area contributed by atoms with Gasteiger partial charge in [0.05, 0.1) is 13.3 Å². The summed E-state index contributed by atoms with van der Waals surface area (Å²) in [4.78, 5) is 0. The van der Waals surface area contributed by atoms with Gasteiger partial charge in [-0.25, -0.2) is 0 Å². The molecule has 2 rings (SSSR count). The number of nitrogens with zero attached hydrogens (tertiary/aromatic N) is 1. The summed E-state index contributed by atoms with van der Waals surface area (Å²) in [6, 6.07) is 13.9. The highest BCUT2D eigenvalue weighted by Crippen LogP contribution is 2.30. The van der Waals surface area contributed by atoms with Crippen LogP contribution in [-0.2, 0) is 6.61 Å². The van der Waals surface area contributed by atoms with Crippen molar-refractivity contribution in [3.8, 4) is 11.5 Å². The van der Waals surface area contributed by atoms with E-state index in [0.29, 0.717) is 23.2 Å². The molecule has 0 aliphatic heterocycles. The third-order valence-electron chi connectivity index (χ3n) is 3.44. The van der Waals surface area contributed by atoms with E-state index in [0.717, 1.165) is 17.7 Å². The van der Waals surface area contributed by atoms with Crippen molar-refractivity contribution in [2.24, 2.45) is 5.10 Å². The van der Waals surface area contributed by atoms with Crippen LogP contribution in [0.3, 0.4) is 0 Å². The van der Waals surface area contributed by atoms with Gasteiger partial charge < -0.3 is 14.8 Å². The number of methoxy groups -OCH3 is 1. The smallest absolute Gasteiger partial charge is 0.186 e. The fraction of sp³-hybridized carbons (Fsp3) is 0.263. The van der Waals surface area contributed by atoms with Crippen LogP contribution in [-0.4, -0.2) is 25.0 Å². The van der Waals surface area contributed by atoms with Gasteiger partial charge in [-0.15, -0.1) is 0 Å². The first-order valence-electron chi connectivity index (χ1n) is 8.06. The summed E-state index contributed by atoms with van der Waals surface area (Å²) in [6.45, 7) is 5.22. The molecule has 0 amide bonds. The fourth-order valence-electron chi connectivity index (χ4n) is 2.15. The molecule has 0 aliphatic rings. The van der Waals surface area contributed by atoms with E-state index in [4.69, 9.17) is 21.7 Å². The molecule has 0 spiro atoms. The number of para-hydroxylation sites is 1. The Bertz CT molecular complexity index is 730. The van der Waals surface area contributed by atoms with Crippen LogP contribution in [0.5, 0.6) is 11.5 Å². The summed E-state index contributed by atoms with van der Waals surface area (Å²) >= 11 is 5.08. The minimum atomic E-state index is 0.449. The predicted octanol–water partition coefficient (Wildman–Crippen LogP) is 3.40. The van der Waals surface area contributed by atoms with Gasteiger partial charge in [-0.2, -0.15) is 5.10 Å². The van der Waals surface area contributed by atoms with Gasteiger partial charge in [0.1, 0.15) is 6.61 Å². The maximum atomic E-state index is 6.00. The Hall–Kier alpha value is -2.60. The van der Waals surface area contributed by atoms with Crippen LogP contribution in [0, 0.1) is 6.92 Å². The lowest BCUT2D eigenvalue weighted by molar-refractivity contribution is 0.284. The molecule has 0 saturated heterocycles. The lowest BCUT2D eigenvalue weighted by Crippen LogP contribution is -2.31. The molecule has 0 atom stereocenters. The lowest BCUT2D eigenvalue weighted by Gasteiger charge is -2.13. The van der Waals surface area contributed by atoms with Crippen molar-refractivity contribution in [3.05, 3.63) is 59.2 Å². The number of thiocarbonyl (C=S) groups is 1. The summed E-state index contributed by atoms with van der Waals surface area (Å²) in [6.07, 6.45) is 1.66. The Morgan fingerprint density at radius 1 is 1.20 bits per heavy atom. The van der Waals surface area contributed by atoms with Gasteiger partial charge in [0.15, 0.2) is 16.6 Å². The number of hydrogen-bond acceptors (Lipinski definition) is 4. The molecule has 6 heteroatoms. The van der Waals surface area contributed by atoms with Crippen LogP contribution in [0.4, 0.5) is 0 Å². The van der Waals surface area contributed by atoms with E-state index >= 15 is 0 Å². The van der Waals surface area contributed by atoms with Gasteiger partial charge >= 0.3 is 0 Å². The van der Waals surface area contributed by atoms with E-state index in [1.165, 1.54) is 5.56 Å². The Balaban J connectivity index is 2.13. The first-order valence-corrected chi connectivity index (χ1v) is 8.47. The van der Waals surface area contributed by atoms with Crippen molar-refractivity contribution < 1.29 is 9.47 Å². The molecule has 0 saturated carbocycles. The zero-order chi connectivity index (χ0) is 18.1. The number of hydrazone groups is 1. The highest BCUT2D eigenvalue weighted by atomic mass is 32.1. The molecule has 0 unspecified atom stereocenters. The van der Waals surface area contributed by atoms with Gasteiger partial charge in [-0.1, -0.05) is 35.9 Å². The number of aryl methyl sites for hydroxylation is 1. The van der Waals surface area contributed by atoms with Crippen LogP contribution in [0.25, 0.3) is 0 Å². The van der Waals surface area contributed by atoms with Crippen LogP contribution in [0.15, 0.2) is 47.6 Å². The highest BCUT2D eigenvalue weighted by molar-refractivity contribution is 7.80. The van der Waals surface area contributed by atoms with Crippen molar-refractivity contribution >= 4 is 23.5 Å². The van der Waals surface area contributed by atoms with E-state index in [1.807, 2.05) is 25.1 Å². The second kappa shape index (κ2) is 9.64. The van der Waals surface area contributed by atoms with Gasteiger partial charge in [0.2, 0.25) is 0 Å². The maximum Gasteiger partial charge on any atom is 0.186 e. The first-order chi connectivity index (χ1) is 12.1. The van der Waals surface area contributed by atoms with Crippen molar-refractivity contribution in [2.45, 2.75) is 20.5 Å². The third kappa shape index (κ3) is 5.76. The number of benzene rings is 2. The Kier molecular flexibility index (Phi) is 7.22. The molecule has 0 radical (unpaired) electrons. The van der Waals surface area contributed by atoms with E-state index in [9.17, 15) is 0 Å².